The maximum Gasteiger partial charge on any atom is 0.309 e. The number of ether oxygens (including phenoxy) is 1. The molecule has 5 heteroatoms. The minimum absolute atomic E-state index is 0.00927. The van der Waals surface area contributed by atoms with Crippen molar-refractivity contribution in [2.24, 2.45) is 5.92 Å². The fourth-order valence-electron chi connectivity index (χ4n) is 2.20. The first-order valence-corrected chi connectivity index (χ1v) is 8.16. The van der Waals surface area contributed by atoms with Crippen molar-refractivity contribution in [3.8, 4) is 0 Å². The predicted molar refractivity (Wildman–Crippen MR) is 84.4 cm³/mol. The highest BCUT2D eigenvalue weighted by Gasteiger charge is 2.31. The van der Waals surface area contributed by atoms with E-state index < -0.39 is 0 Å². The summed E-state index contributed by atoms with van der Waals surface area (Å²) >= 11 is 1.58. The van der Waals surface area contributed by atoms with Gasteiger partial charge < -0.3 is 10.1 Å². The van der Waals surface area contributed by atoms with Crippen LogP contribution in [0.3, 0.4) is 0 Å². The van der Waals surface area contributed by atoms with Crippen molar-refractivity contribution in [2.75, 3.05) is 6.61 Å². The Bertz CT molecular complexity index is 635. The van der Waals surface area contributed by atoms with Gasteiger partial charge in [-0.15, -0.1) is 11.3 Å². The van der Waals surface area contributed by atoms with E-state index in [0.29, 0.717) is 0 Å². The first kappa shape index (κ1) is 14.8. The molecule has 1 N–H and O–H groups in total. The first-order valence-electron chi connectivity index (χ1n) is 7.28. The van der Waals surface area contributed by atoms with Crippen molar-refractivity contribution < 1.29 is 14.3 Å². The molecule has 1 aliphatic carbocycles. The number of hydrogen-bond acceptors (Lipinski definition) is 4. The molecule has 1 heterocycles. The third kappa shape index (κ3) is 3.74. The van der Waals surface area contributed by atoms with Gasteiger partial charge in [-0.25, -0.2) is 0 Å². The number of amides is 1. The van der Waals surface area contributed by atoms with Crippen LogP contribution in [0.15, 0.2) is 47.8 Å². The Hall–Kier alpha value is -2.14. The molecule has 0 saturated heterocycles. The summed E-state index contributed by atoms with van der Waals surface area (Å²) in [6.07, 6.45) is 1.75. The summed E-state index contributed by atoms with van der Waals surface area (Å²) in [5.41, 5.74) is 1.01. The van der Waals surface area contributed by atoms with E-state index in [1.54, 1.807) is 11.3 Å². The number of carbonyl (C=O) groups is 2. The number of esters is 1. The fourth-order valence-corrected chi connectivity index (χ4v) is 3.00. The third-order valence-corrected chi connectivity index (χ3v) is 4.46. The van der Waals surface area contributed by atoms with Crippen LogP contribution < -0.4 is 5.32 Å². The Morgan fingerprint density at radius 2 is 1.95 bits per heavy atom. The number of hydrogen-bond donors (Lipinski definition) is 1. The summed E-state index contributed by atoms with van der Waals surface area (Å²) in [6, 6.07) is 13.5. The van der Waals surface area contributed by atoms with Crippen LogP contribution in [0.5, 0.6) is 0 Å². The van der Waals surface area contributed by atoms with E-state index in [4.69, 9.17) is 4.74 Å². The Balaban J connectivity index is 1.65. The molecule has 1 aliphatic rings. The van der Waals surface area contributed by atoms with Gasteiger partial charge in [0.25, 0.3) is 5.91 Å². The van der Waals surface area contributed by atoms with Crippen LogP contribution in [-0.4, -0.2) is 18.5 Å². The minimum atomic E-state index is -0.281. The Morgan fingerprint density at radius 1 is 1.18 bits per heavy atom. The highest BCUT2D eigenvalue weighted by Crippen LogP contribution is 2.30. The molecular weight excluding hydrogens is 298 g/mol. The largest absolute Gasteiger partial charge is 0.455 e. The second kappa shape index (κ2) is 6.75. The molecule has 0 bridgehead atoms. The fraction of sp³-hybridized carbons (Fsp3) is 0.294. The van der Waals surface area contributed by atoms with E-state index in [1.807, 2.05) is 47.8 Å². The molecule has 2 aromatic rings. The average Bonchev–Trinajstić information content (AvgIpc) is 3.27. The zero-order valence-corrected chi connectivity index (χ0v) is 12.8. The summed E-state index contributed by atoms with van der Waals surface area (Å²) in [5, 5.41) is 4.92. The molecule has 114 valence electrons. The molecule has 0 unspecified atom stereocenters. The second-order valence-corrected chi connectivity index (χ2v) is 6.29. The molecule has 0 spiro atoms. The molecule has 0 aliphatic heterocycles. The van der Waals surface area contributed by atoms with Crippen LogP contribution in [0.1, 0.15) is 29.3 Å². The molecule has 1 saturated carbocycles. The van der Waals surface area contributed by atoms with Crippen molar-refractivity contribution in [3.05, 3.63) is 58.3 Å². The Kier molecular flexibility index (Phi) is 4.53. The topological polar surface area (TPSA) is 55.4 Å². The third-order valence-electron chi connectivity index (χ3n) is 3.52. The smallest absolute Gasteiger partial charge is 0.309 e. The van der Waals surface area contributed by atoms with Gasteiger partial charge >= 0.3 is 5.97 Å². The summed E-state index contributed by atoms with van der Waals surface area (Å²) in [5.74, 6) is -0.534. The second-order valence-electron chi connectivity index (χ2n) is 5.31. The highest BCUT2D eigenvalue weighted by atomic mass is 32.1. The summed E-state index contributed by atoms with van der Waals surface area (Å²) in [7, 11) is 0. The van der Waals surface area contributed by atoms with E-state index in [1.165, 1.54) is 0 Å². The van der Waals surface area contributed by atoms with Gasteiger partial charge in [0.05, 0.1) is 12.0 Å². The van der Waals surface area contributed by atoms with Crippen LogP contribution >= 0.6 is 11.3 Å². The lowest BCUT2D eigenvalue weighted by Gasteiger charge is -2.18. The monoisotopic (exact) mass is 315 g/mol. The van der Waals surface area contributed by atoms with E-state index in [2.05, 4.69) is 5.32 Å². The van der Waals surface area contributed by atoms with Gasteiger partial charge in [0.2, 0.25) is 0 Å². The van der Waals surface area contributed by atoms with Gasteiger partial charge in [-0.05, 0) is 29.9 Å². The summed E-state index contributed by atoms with van der Waals surface area (Å²) in [4.78, 5) is 24.6. The number of rotatable bonds is 6. The Morgan fingerprint density at radius 3 is 2.59 bits per heavy atom. The van der Waals surface area contributed by atoms with Crippen molar-refractivity contribution in [2.45, 2.75) is 18.9 Å². The lowest BCUT2D eigenvalue weighted by atomic mass is 10.1. The van der Waals surface area contributed by atoms with Crippen LogP contribution in [-0.2, 0) is 14.3 Å². The van der Waals surface area contributed by atoms with E-state index in [-0.39, 0.29) is 30.4 Å². The number of thiophene rings is 1. The molecule has 1 atom stereocenters. The van der Waals surface area contributed by atoms with Crippen LogP contribution in [0.4, 0.5) is 0 Å². The predicted octanol–water partition coefficient (Wildman–Crippen LogP) is 2.91. The number of carbonyl (C=O) groups excluding carboxylic acids is 2. The molecule has 3 rings (SSSR count). The number of benzene rings is 1. The van der Waals surface area contributed by atoms with E-state index in [9.17, 15) is 9.59 Å². The van der Waals surface area contributed by atoms with Crippen LogP contribution in [0.25, 0.3) is 0 Å². The number of nitrogens with one attached hydrogen (secondary N) is 1. The van der Waals surface area contributed by atoms with Crippen LogP contribution in [0, 0.1) is 5.92 Å². The zero-order chi connectivity index (χ0) is 15.4. The van der Waals surface area contributed by atoms with Gasteiger partial charge in [0.1, 0.15) is 0 Å². The van der Waals surface area contributed by atoms with Gasteiger partial charge in [0.15, 0.2) is 6.61 Å². The SMILES string of the molecule is O=C(COC(=O)C1CC1)N[C@H](c1ccccc1)c1cccs1. The quantitative estimate of drug-likeness (QED) is 0.834. The molecular formula is C17H17NO3S. The Labute approximate surface area is 133 Å². The molecule has 4 nitrogen and oxygen atoms in total. The van der Waals surface area contributed by atoms with Gasteiger partial charge in [-0.3, -0.25) is 9.59 Å². The van der Waals surface area contributed by atoms with Gasteiger partial charge in [-0.2, -0.15) is 0 Å². The molecule has 22 heavy (non-hydrogen) atoms. The van der Waals surface area contributed by atoms with E-state index >= 15 is 0 Å². The zero-order valence-electron chi connectivity index (χ0n) is 12.0. The van der Waals surface area contributed by atoms with Crippen molar-refractivity contribution in [3.63, 3.8) is 0 Å². The first-order chi connectivity index (χ1) is 10.7. The summed E-state index contributed by atoms with van der Waals surface area (Å²) < 4.78 is 5.03. The van der Waals surface area contributed by atoms with Gasteiger partial charge in [0, 0.05) is 4.88 Å². The maximum atomic E-state index is 12.1. The van der Waals surface area contributed by atoms with Crippen molar-refractivity contribution in [1.82, 2.24) is 5.32 Å². The molecule has 1 aromatic carbocycles. The molecule has 1 fully saturated rings. The maximum absolute atomic E-state index is 12.1. The lowest BCUT2D eigenvalue weighted by molar-refractivity contribution is -0.149. The normalized spacial score (nSPS) is 15.1. The van der Waals surface area contributed by atoms with Crippen molar-refractivity contribution in [1.29, 1.82) is 0 Å². The average molecular weight is 315 g/mol. The van der Waals surface area contributed by atoms with Gasteiger partial charge in [-0.1, -0.05) is 36.4 Å². The van der Waals surface area contributed by atoms with E-state index in [0.717, 1.165) is 23.3 Å². The molecule has 1 aromatic heterocycles. The van der Waals surface area contributed by atoms with Crippen LogP contribution in [0.2, 0.25) is 0 Å². The standard InChI is InChI=1S/C17H17NO3S/c19-15(11-21-17(20)13-8-9-13)18-16(14-7-4-10-22-14)12-5-2-1-3-6-12/h1-7,10,13,16H,8-9,11H2,(H,18,19)/t16-/m1/s1. The minimum Gasteiger partial charge on any atom is -0.455 e. The van der Waals surface area contributed by atoms with Crippen molar-refractivity contribution >= 4 is 23.2 Å². The molecule has 0 radical (unpaired) electrons. The molecule has 1 amide bonds. The highest BCUT2D eigenvalue weighted by molar-refractivity contribution is 7.10. The summed E-state index contributed by atoms with van der Waals surface area (Å²) in [6.45, 7) is -0.218. The lowest BCUT2D eigenvalue weighted by Crippen LogP contribution is -2.32.